The molecule has 0 saturated carbocycles. The van der Waals surface area contributed by atoms with E-state index in [0.29, 0.717) is 30.1 Å². The number of halogens is 2. The fourth-order valence-electron chi connectivity index (χ4n) is 4.87. The summed E-state index contributed by atoms with van der Waals surface area (Å²) in [5.74, 6) is -0.0625. The van der Waals surface area contributed by atoms with Crippen molar-refractivity contribution in [3.8, 4) is 11.3 Å². The lowest BCUT2D eigenvalue weighted by molar-refractivity contribution is 0.382. The molecule has 0 spiro atoms. The maximum Gasteiger partial charge on any atom is 0.228 e. The Morgan fingerprint density at radius 1 is 0.972 bits per heavy atom. The third-order valence-electron chi connectivity index (χ3n) is 6.63. The summed E-state index contributed by atoms with van der Waals surface area (Å²) in [7, 11) is 3.82. The number of nitrogens with one attached hydrogen (secondary N) is 1. The predicted molar refractivity (Wildman–Crippen MR) is 131 cm³/mol. The van der Waals surface area contributed by atoms with Crippen LogP contribution < -0.4 is 5.32 Å². The molecule has 1 aliphatic heterocycles. The Hall–Kier alpha value is -4.25. The Morgan fingerprint density at radius 2 is 1.86 bits per heavy atom. The van der Waals surface area contributed by atoms with Gasteiger partial charge in [0.1, 0.15) is 23.0 Å². The molecule has 3 aromatic heterocycles. The average molecular weight is 488 g/mol. The SMILES string of the molecule is CN1C[C@@H](c2ccc(F)cc2F)[C@@H](n2nnc3cc(-c4ccnc(Nc5ccnn5C)n4)ccc32)C1. The Labute approximate surface area is 205 Å². The second-order valence-corrected chi connectivity index (χ2v) is 9.03. The number of aryl methyl sites for hydroxylation is 1. The van der Waals surface area contributed by atoms with Crippen LogP contribution >= 0.6 is 0 Å². The zero-order valence-corrected chi connectivity index (χ0v) is 19.7. The van der Waals surface area contributed by atoms with Gasteiger partial charge in [-0.05, 0) is 36.9 Å². The molecule has 6 rings (SSSR count). The van der Waals surface area contributed by atoms with E-state index in [1.807, 2.05) is 49.1 Å². The zero-order chi connectivity index (χ0) is 24.8. The molecule has 0 bridgehead atoms. The fraction of sp³-hybridized carbons (Fsp3) is 0.240. The number of hydrogen-bond acceptors (Lipinski definition) is 7. The van der Waals surface area contributed by atoms with Crippen molar-refractivity contribution in [3.05, 3.63) is 78.1 Å². The minimum atomic E-state index is -0.582. The van der Waals surface area contributed by atoms with Crippen molar-refractivity contribution in [2.45, 2.75) is 12.0 Å². The smallest absolute Gasteiger partial charge is 0.228 e. The molecule has 5 aromatic rings. The van der Waals surface area contributed by atoms with E-state index in [2.05, 4.69) is 35.6 Å². The molecule has 1 N–H and O–H groups in total. The summed E-state index contributed by atoms with van der Waals surface area (Å²) in [5, 5.41) is 16.1. The molecule has 182 valence electrons. The van der Waals surface area contributed by atoms with Crippen LogP contribution in [0.25, 0.3) is 22.3 Å². The Balaban J connectivity index is 1.32. The molecule has 1 saturated heterocycles. The van der Waals surface area contributed by atoms with E-state index in [0.717, 1.165) is 28.7 Å². The lowest BCUT2D eigenvalue weighted by atomic mass is 9.93. The van der Waals surface area contributed by atoms with Crippen LogP contribution in [0.15, 0.2) is 60.9 Å². The van der Waals surface area contributed by atoms with Gasteiger partial charge in [-0.1, -0.05) is 17.3 Å². The van der Waals surface area contributed by atoms with Crippen LogP contribution in [0.1, 0.15) is 17.5 Å². The van der Waals surface area contributed by atoms with E-state index >= 15 is 0 Å². The van der Waals surface area contributed by atoms with Gasteiger partial charge in [0.05, 0.1) is 23.4 Å². The minimum absolute atomic E-state index is 0.139. The van der Waals surface area contributed by atoms with Gasteiger partial charge in [0.25, 0.3) is 0 Å². The van der Waals surface area contributed by atoms with E-state index in [-0.39, 0.29) is 12.0 Å². The molecule has 2 atom stereocenters. The van der Waals surface area contributed by atoms with Crippen LogP contribution in [0.5, 0.6) is 0 Å². The summed E-state index contributed by atoms with van der Waals surface area (Å²) >= 11 is 0. The molecule has 1 aliphatic rings. The van der Waals surface area contributed by atoms with Crippen molar-refractivity contribution in [1.82, 2.24) is 39.6 Å². The van der Waals surface area contributed by atoms with Crippen molar-refractivity contribution in [2.24, 2.45) is 7.05 Å². The van der Waals surface area contributed by atoms with E-state index in [9.17, 15) is 8.78 Å². The summed E-state index contributed by atoms with van der Waals surface area (Å²) in [6, 6.07) is 13.2. The van der Waals surface area contributed by atoms with Gasteiger partial charge in [0, 0.05) is 49.9 Å². The highest BCUT2D eigenvalue weighted by Gasteiger charge is 2.36. The maximum absolute atomic E-state index is 14.6. The first-order valence-corrected chi connectivity index (χ1v) is 11.5. The van der Waals surface area contributed by atoms with Gasteiger partial charge in [-0.2, -0.15) is 5.10 Å². The normalized spacial score (nSPS) is 18.2. The van der Waals surface area contributed by atoms with Crippen molar-refractivity contribution in [2.75, 3.05) is 25.5 Å². The number of fused-ring (bicyclic) bond motifs is 1. The molecule has 1 fully saturated rings. The molecule has 0 radical (unpaired) electrons. The van der Waals surface area contributed by atoms with Gasteiger partial charge in [-0.15, -0.1) is 5.10 Å². The highest BCUT2D eigenvalue weighted by atomic mass is 19.1. The summed E-state index contributed by atoms with van der Waals surface area (Å²) in [5.41, 5.74) is 3.64. The van der Waals surface area contributed by atoms with Crippen LogP contribution in [0.2, 0.25) is 0 Å². The van der Waals surface area contributed by atoms with E-state index in [1.165, 1.54) is 12.1 Å². The van der Waals surface area contributed by atoms with Crippen molar-refractivity contribution < 1.29 is 8.78 Å². The molecule has 0 unspecified atom stereocenters. The Bertz CT molecular complexity index is 1560. The summed E-state index contributed by atoms with van der Waals surface area (Å²) in [6.45, 7) is 1.32. The minimum Gasteiger partial charge on any atom is -0.309 e. The largest absolute Gasteiger partial charge is 0.309 e. The number of hydrogen-bond donors (Lipinski definition) is 1. The first-order valence-electron chi connectivity index (χ1n) is 11.5. The molecule has 36 heavy (non-hydrogen) atoms. The first-order chi connectivity index (χ1) is 17.5. The van der Waals surface area contributed by atoms with Gasteiger partial charge in [0.15, 0.2) is 0 Å². The van der Waals surface area contributed by atoms with Crippen molar-refractivity contribution in [1.29, 1.82) is 0 Å². The number of nitrogens with zero attached hydrogens (tertiary/aromatic N) is 8. The highest BCUT2D eigenvalue weighted by Crippen LogP contribution is 2.38. The van der Waals surface area contributed by atoms with Crippen LogP contribution in [0, 0.1) is 11.6 Å². The van der Waals surface area contributed by atoms with E-state index in [1.54, 1.807) is 17.1 Å². The number of anilines is 2. The second-order valence-electron chi connectivity index (χ2n) is 9.03. The zero-order valence-electron chi connectivity index (χ0n) is 19.7. The summed E-state index contributed by atoms with van der Waals surface area (Å²) in [4.78, 5) is 11.1. The second kappa shape index (κ2) is 8.76. The first kappa shape index (κ1) is 22.2. The topological polar surface area (TPSA) is 89.6 Å². The van der Waals surface area contributed by atoms with Crippen LogP contribution in [-0.2, 0) is 7.05 Å². The fourth-order valence-corrected chi connectivity index (χ4v) is 4.87. The third-order valence-corrected chi connectivity index (χ3v) is 6.63. The number of likely N-dealkylation sites (N-methyl/N-ethyl adjacent to an activating group) is 1. The van der Waals surface area contributed by atoms with Gasteiger partial charge in [-0.25, -0.2) is 23.4 Å². The predicted octanol–water partition coefficient (Wildman–Crippen LogP) is 3.91. The van der Waals surface area contributed by atoms with E-state index in [4.69, 9.17) is 0 Å². The highest BCUT2D eigenvalue weighted by molar-refractivity contribution is 5.81. The molecule has 11 heteroatoms. The molecule has 9 nitrogen and oxygen atoms in total. The van der Waals surface area contributed by atoms with Gasteiger partial charge < -0.3 is 10.2 Å². The lowest BCUT2D eigenvalue weighted by Gasteiger charge is -2.20. The van der Waals surface area contributed by atoms with Crippen molar-refractivity contribution >= 4 is 22.8 Å². The van der Waals surface area contributed by atoms with Crippen molar-refractivity contribution in [3.63, 3.8) is 0 Å². The molecule has 4 heterocycles. The quantitative estimate of drug-likeness (QED) is 0.402. The monoisotopic (exact) mass is 487 g/mol. The summed E-state index contributed by atoms with van der Waals surface area (Å²) in [6.07, 6.45) is 3.39. The standard InChI is InChI=1S/C25H23F2N9/c1-34-13-18(17-5-4-16(26)12-19(17)27)23(14-34)36-22-6-3-15(11-21(22)32-33-36)20-7-9-28-25(30-20)31-24-8-10-29-35(24)2/h3-12,18,23H,13-14H2,1-2H3,(H,28,30,31)/t18-,23-/m0/s1. The molecule has 0 aliphatic carbocycles. The van der Waals surface area contributed by atoms with Gasteiger partial charge in [0.2, 0.25) is 5.95 Å². The molecular formula is C25H23F2N9. The Morgan fingerprint density at radius 3 is 2.67 bits per heavy atom. The average Bonchev–Trinajstić information content (AvgIpc) is 3.57. The molecule has 2 aromatic carbocycles. The number of benzene rings is 2. The molecule has 0 amide bonds. The van der Waals surface area contributed by atoms with Gasteiger partial charge >= 0.3 is 0 Å². The summed E-state index contributed by atoms with van der Waals surface area (Å²) < 4.78 is 31.7. The van der Waals surface area contributed by atoms with E-state index < -0.39 is 11.6 Å². The molecular weight excluding hydrogens is 464 g/mol. The van der Waals surface area contributed by atoms with Crippen LogP contribution in [-0.4, -0.2) is 59.8 Å². The number of likely N-dealkylation sites (tertiary alicyclic amines) is 1. The maximum atomic E-state index is 14.6. The number of rotatable bonds is 5. The van der Waals surface area contributed by atoms with Gasteiger partial charge in [-0.3, -0.25) is 4.68 Å². The lowest BCUT2D eigenvalue weighted by Crippen LogP contribution is -2.19. The third kappa shape index (κ3) is 3.97. The number of aromatic nitrogens is 7. The van der Waals surface area contributed by atoms with Crippen LogP contribution in [0.3, 0.4) is 0 Å². The Kier molecular flexibility index (Phi) is 5.41. The van der Waals surface area contributed by atoms with Crippen LogP contribution in [0.4, 0.5) is 20.5 Å².